The summed E-state index contributed by atoms with van der Waals surface area (Å²) in [7, 11) is 3.98. The van der Waals surface area contributed by atoms with Crippen LogP contribution in [0.1, 0.15) is 30.5 Å². The number of aryl methyl sites for hydroxylation is 1. The number of aromatic nitrogens is 1. The fraction of sp³-hybridized carbons (Fsp3) is 0.371. The number of aliphatic hydroxyl groups excluding tert-OH is 1. The molecule has 0 saturated carbocycles. The maximum absolute atomic E-state index is 13.6. The lowest BCUT2D eigenvalue weighted by Gasteiger charge is -2.34. The molecule has 0 aliphatic carbocycles. The van der Waals surface area contributed by atoms with Gasteiger partial charge in [-0.3, -0.25) is 14.5 Å². The Bertz CT molecular complexity index is 1690. The number of aliphatic hydroxyl groups is 1. The largest absolute Gasteiger partial charge is 0.488 e. The van der Waals surface area contributed by atoms with Gasteiger partial charge < -0.3 is 24.6 Å². The summed E-state index contributed by atoms with van der Waals surface area (Å²) < 4.78 is 8.67. The summed E-state index contributed by atoms with van der Waals surface area (Å²) in [5.74, 6) is 0.323. The number of halogens is 2. The lowest BCUT2D eigenvalue weighted by atomic mass is 10.0. The van der Waals surface area contributed by atoms with Gasteiger partial charge in [0.2, 0.25) is 11.8 Å². The molecule has 2 N–H and O–H groups in total. The van der Waals surface area contributed by atoms with Crippen LogP contribution in [-0.2, 0) is 36.0 Å². The van der Waals surface area contributed by atoms with Crippen LogP contribution in [0.3, 0.4) is 0 Å². The number of amides is 2. The molecule has 0 radical (unpaired) electrons. The van der Waals surface area contributed by atoms with Gasteiger partial charge in [0.15, 0.2) is 0 Å². The van der Waals surface area contributed by atoms with Crippen LogP contribution < -0.4 is 10.1 Å². The van der Waals surface area contributed by atoms with Crippen molar-refractivity contribution in [3.05, 3.63) is 93.6 Å². The standard InChI is InChI=1S/C35H40Cl2N4O4/c1-22-17-41(23(2)21-42)35(44)16-25-14-27(38-34(43)15-26-19-40(4)31-8-6-5-7-28(26)31)10-12-32(25)45-33(22)20-39(3)18-24-9-11-29(36)30(37)13-24/h5-14,19,22-23,33,42H,15-18,20-21H2,1-4H3,(H,38,43)/t22-,23+,33-/m1/s1. The lowest BCUT2D eigenvalue weighted by molar-refractivity contribution is -0.134. The molecule has 4 aromatic rings. The Labute approximate surface area is 274 Å². The van der Waals surface area contributed by atoms with E-state index in [1.54, 1.807) is 11.0 Å². The van der Waals surface area contributed by atoms with Crippen molar-refractivity contribution in [3.8, 4) is 5.75 Å². The van der Waals surface area contributed by atoms with E-state index in [0.717, 1.165) is 22.0 Å². The van der Waals surface area contributed by atoms with Gasteiger partial charge in [0.05, 0.1) is 35.5 Å². The van der Waals surface area contributed by atoms with Crippen molar-refractivity contribution in [1.82, 2.24) is 14.4 Å². The van der Waals surface area contributed by atoms with Gasteiger partial charge in [0.25, 0.3) is 0 Å². The molecule has 3 atom stereocenters. The van der Waals surface area contributed by atoms with E-state index in [0.29, 0.717) is 46.7 Å². The summed E-state index contributed by atoms with van der Waals surface area (Å²) >= 11 is 12.4. The highest BCUT2D eigenvalue weighted by Gasteiger charge is 2.31. The molecule has 3 aromatic carbocycles. The van der Waals surface area contributed by atoms with Gasteiger partial charge >= 0.3 is 0 Å². The molecule has 1 aliphatic rings. The minimum Gasteiger partial charge on any atom is -0.488 e. The number of likely N-dealkylation sites (N-methyl/N-ethyl adjacent to an activating group) is 1. The van der Waals surface area contributed by atoms with E-state index in [1.165, 1.54) is 0 Å². The average Bonchev–Trinajstić information content (AvgIpc) is 3.33. The van der Waals surface area contributed by atoms with Crippen LogP contribution >= 0.6 is 23.2 Å². The molecule has 0 spiro atoms. The molecular weight excluding hydrogens is 611 g/mol. The Morgan fingerprint density at radius 3 is 2.67 bits per heavy atom. The minimum atomic E-state index is -0.348. The highest BCUT2D eigenvalue weighted by atomic mass is 35.5. The van der Waals surface area contributed by atoms with Gasteiger partial charge in [-0.05, 0) is 61.5 Å². The summed E-state index contributed by atoms with van der Waals surface area (Å²) in [6.07, 6.45) is 2.03. The normalized spacial score (nSPS) is 17.8. The fourth-order valence-electron chi connectivity index (χ4n) is 5.99. The van der Waals surface area contributed by atoms with Gasteiger partial charge in [-0.25, -0.2) is 0 Å². The number of benzene rings is 3. The van der Waals surface area contributed by atoms with Gasteiger partial charge in [-0.15, -0.1) is 0 Å². The predicted molar refractivity (Wildman–Crippen MR) is 180 cm³/mol. The number of carbonyl (C=O) groups is 2. The van der Waals surface area contributed by atoms with Gasteiger partial charge in [0, 0.05) is 61.0 Å². The van der Waals surface area contributed by atoms with E-state index in [-0.39, 0.29) is 49.3 Å². The van der Waals surface area contributed by atoms with Crippen molar-refractivity contribution in [3.63, 3.8) is 0 Å². The number of nitrogens with zero attached hydrogens (tertiary/aromatic N) is 3. The van der Waals surface area contributed by atoms with Crippen molar-refractivity contribution in [2.75, 3.05) is 32.1 Å². The number of rotatable bonds is 9. The quantitative estimate of drug-likeness (QED) is 0.234. The Morgan fingerprint density at radius 2 is 1.91 bits per heavy atom. The van der Waals surface area contributed by atoms with Crippen LogP contribution in [0.15, 0.2) is 66.9 Å². The molecule has 1 aliphatic heterocycles. The van der Waals surface area contributed by atoms with Gasteiger partial charge in [0.1, 0.15) is 11.9 Å². The SMILES string of the molecule is C[C@@H]1CN([C@@H](C)CO)C(=O)Cc2cc(NC(=O)Cc3cn(C)c4ccccc34)ccc2O[C@@H]1CN(C)Cc1ccc(Cl)c(Cl)c1. The van der Waals surface area contributed by atoms with Crippen LogP contribution in [0.5, 0.6) is 5.75 Å². The molecule has 0 bridgehead atoms. The van der Waals surface area contributed by atoms with Crippen LogP contribution in [-0.4, -0.2) is 70.2 Å². The Hall–Kier alpha value is -3.56. The highest BCUT2D eigenvalue weighted by Crippen LogP contribution is 2.30. The van der Waals surface area contributed by atoms with Crippen molar-refractivity contribution in [1.29, 1.82) is 0 Å². The van der Waals surface area contributed by atoms with Gasteiger partial charge in [-0.2, -0.15) is 0 Å². The molecule has 10 heteroatoms. The molecule has 0 fully saturated rings. The maximum atomic E-state index is 13.6. The first-order chi connectivity index (χ1) is 21.5. The third-order valence-electron chi connectivity index (χ3n) is 8.46. The molecule has 0 unspecified atom stereocenters. The topological polar surface area (TPSA) is 87.0 Å². The van der Waals surface area contributed by atoms with Crippen molar-refractivity contribution >= 4 is 51.6 Å². The predicted octanol–water partition coefficient (Wildman–Crippen LogP) is 5.95. The fourth-order valence-corrected chi connectivity index (χ4v) is 6.31. The summed E-state index contributed by atoms with van der Waals surface area (Å²) in [4.78, 5) is 30.6. The second-order valence-electron chi connectivity index (χ2n) is 12.2. The van der Waals surface area contributed by atoms with E-state index in [4.69, 9.17) is 27.9 Å². The van der Waals surface area contributed by atoms with Crippen LogP contribution in [0, 0.1) is 5.92 Å². The third-order valence-corrected chi connectivity index (χ3v) is 9.20. The molecule has 5 rings (SSSR count). The number of carbonyl (C=O) groups excluding carboxylic acids is 2. The molecule has 45 heavy (non-hydrogen) atoms. The van der Waals surface area contributed by atoms with E-state index < -0.39 is 0 Å². The average molecular weight is 652 g/mol. The second kappa shape index (κ2) is 14.3. The first-order valence-corrected chi connectivity index (χ1v) is 15.9. The second-order valence-corrected chi connectivity index (χ2v) is 13.0. The number of hydrogen-bond acceptors (Lipinski definition) is 5. The van der Waals surface area contributed by atoms with Gasteiger partial charge in [-0.1, -0.05) is 54.4 Å². The summed E-state index contributed by atoms with van der Waals surface area (Å²) in [6, 6.07) is 18.7. The number of nitrogens with one attached hydrogen (secondary N) is 1. The van der Waals surface area contributed by atoms with E-state index in [9.17, 15) is 14.7 Å². The number of hydrogen-bond donors (Lipinski definition) is 2. The van der Waals surface area contributed by atoms with Crippen LogP contribution in [0.4, 0.5) is 5.69 Å². The first-order valence-electron chi connectivity index (χ1n) is 15.2. The van der Waals surface area contributed by atoms with E-state index in [1.807, 2.05) is 86.4 Å². The highest BCUT2D eigenvalue weighted by molar-refractivity contribution is 6.42. The molecule has 8 nitrogen and oxygen atoms in total. The zero-order valence-electron chi connectivity index (χ0n) is 26.1. The molecular formula is C35H40Cl2N4O4. The monoisotopic (exact) mass is 650 g/mol. The summed E-state index contributed by atoms with van der Waals surface area (Å²) in [5.41, 5.74) is 4.32. The van der Waals surface area contributed by atoms with Crippen LogP contribution in [0.2, 0.25) is 10.0 Å². The molecule has 238 valence electrons. The zero-order valence-corrected chi connectivity index (χ0v) is 27.6. The maximum Gasteiger partial charge on any atom is 0.228 e. The number of ether oxygens (including phenoxy) is 1. The Balaban J connectivity index is 1.37. The number of anilines is 1. The first kappa shape index (κ1) is 32.8. The van der Waals surface area contributed by atoms with E-state index in [2.05, 4.69) is 17.1 Å². The molecule has 1 aromatic heterocycles. The zero-order chi connectivity index (χ0) is 32.2. The smallest absolute Gasteiger partial charge is 0.228 e. The van der Waals surface area contributed by atoms with E-state index >= 15 is 0 Å². The summed E-state index contributed by atoms with van der Waals surface area (Å²) in [5, 5.41) is 15.1. The molecule has 2 heterocycles. The Morgan fingerprint density at radius 1 is 1.13 bits per heavy atom. The molecule has 2 amide bonds. The van der Waals surface area contributed by atoms with Crippen molar-refractivity contribution < 1.29 is 19.4 Å². The number of para-hydroxylation sites is 1. The lowest BCUT2D eigenvalue weighted by Crippen LogP contribution is -2.47. The Kier molecular flexibility index (Phi) is 10.4. The van der Waals surface area contributed by atoms with Crippen molar-refractivity contribution in [2.24, 2.45) is 13.0 Å². The number of fused-ring (bicyclic) bond motifs is 2. The van der Waals surface area contributed by atoms with Crippen LogP contribution in [0.25, 0.3) is 10.9 Å². The third kappa shape index (κ3) is 7.82. The van der Waals surface area contributed by atoms with Crippen molar-refractivity contribution in [2.45, 2.75) is 45.4 Å². The molecule has 0 saturated heterocycles. The summed E-state index contributed by atoms with van der Waals surface area (Å²) in [6.45, 7) is 5.43. The minimum absolute atomic E-state index is 0.0368.